The van der Waals surface area contributed by atoms with Crippen molar-refractivity contribution in [1.29, 1.82) is 0 Å². The van der Waals surface area contributed by atoms with Crippen LogP contribution in [0.25, 0.3) is 0 Å². The van der Waals surface area contributed by atoms with Crippen molar-refractivity contribution in [3.63, 3.8) is 0 Å². The first kappa shape index (κ1) is 22.2. The number of carbonyl (C=O) groups excluding carboxylic acids is 4. The zero-order valence-electron chi connectivity index (χ0n) is 15.5. The third-order valence-corrected chi connectivity index (χ3v) is 8.34. The van der Waals surface area contributed by atoms with Gasteiger partial charge in [0.15, 0.2) is 6.61 Å². The number of amides is 3. The number of benzene rings is 1. The second-order valence-electron chi connectivity index (χ2n) is 7.10. The molecular formula is C19H19Br2ClN2O5. The number of rotatable bonds is 5. The highest BCUT2D eigenvalue weighted by atomic mass is 79.9. The van der Waals surface area contributed by atoms with E-state index >= 15 is 0 Å². The minimum Gasteiger partial charge on any atom is -0.454 e. The van der Waals surface area contributed by atoms with Gasteiger partial charge in [0.2, 0.25) is 11.8 Å². The Labute approximate surface area is 189 Å². The van der Waals surface area contributed by atoms with E-state index in [9.17, 15) is 19.2 Å². The fourth-order valence-electron chi connectivity index (χ4n) is 3.57. The van der Waals surface area contributed by atoms with Crippen LogP contribution >= 0.6 is 43.5 Å². The Morgan fingerprint density at radius 3 is 2.34 bits per heavy atom. The SMILES string of the molecule is Cc1c(Cl)cccc1NC(=O)COC(=O)CN1C(=O)[C@@H]2C[C@H](Br)[C@@H](Br)C[C@H]2C1=O. The molecule has 4 atom stereocenters. The normalized spacial score (nSPS) is 26.3. The van der Waals surface area contributed by atoms with E-state index in [1.54, 1.807) is 25.1 Å². The lowest BCUT2D eigenvalue weighted by molar-refractivity contribution is -0.154. The molecule has 1 aliphatic carbocycles. The van der Waals surface area contributed by atoms with Gasteiger partial charge in [0.25, 0.3) is 5.91 Å². The lowest BCUT2D eigenvalue weighted by atomic mass is 9.81. The second kappa shape index (κ2) is 9.14. The molecule has 1 saturated carbocycles. The van der Waals surface area contributed by atoms with Gasteiger partial charge in [-0.1, -0.05) is 49.5 Å². The lowest BCUT2D eigenvalue weighted by Crippen LogP contribution is -2.37. The zero-order valence-corrected chi connectivity index (χ0v) is 19.4. The van der Waals surface area contributed by atoms with Crippen molar-refractivity contribution in [2.45, 2.75) is 29.4 Å². The molecule has 0 aromatic heterocycles. The summed E-state index contributed by atoms with van der Waals surface area (Å²) >= 11 is 13.0. The predicted molar refractivity (Wildman–Crippen MR) is 114 cm³/mol. The number of carbonyl (C=O) groups is 4. The molecule has 10 heteroatoms. The minimum absolute atomic E-state index is 0.0889. The average molecular weight is 551 g/mol. The molecule has 0 bridgehead atoms. The van der Waals surface area contributed by atoms with Crippen molar-refractivity contribution in [2.24, 2.45) is 11.8 Å². The van der Waals surface area contributed by atoms with Gasteiger partial charge in [0.1, 0.15) is 6.54 Å². The smallest absolute Gasteiger partial charge is 0.326 e. The van der Waals surface area contributed by atoms with Gasteiger partial charge >= 0.3 is 5.97 Å². The topological polar surface area (TPSA) is 92.8 Å². The number of esters is 1. The van der Waals surface area contributed by atoms with Crippen molar-refractivity contribution >= 4 is 72.8 Å². The van der Waals surface area contributed by atoms with E-state index in [1.165, 1.54) is 0 Å². The number of anilines is 1. The monoisotopic (exact) mass is 548 g/mol. The Hall–Kier alpha value is -1.45. The fourth-order valence-corrected chi connectivity index (χ4v) is 4.98. The van der Waals surface area contributed by atoms with Crippen molar-refractivity contribution in [3.8, 4) is 0 Å². The number of likely N-dealkylation sites (tertiary alicyclic amines) is 1. The number of hydrogen-bond acceptors (Lipinski definition) is 5. The summed E-state index contributed by atoms with van der Waals surface area (Å²) in [7, 11) is 0. The van der Waals surface area contributed by atoms with Crippen LogP contribution < -0.4 is 5.32 Å². The van der Waals surface area contributed by atoms with Crippen molar-refractivity contribution in [1.82, 2.24) is 4.90 Å². The third kappa shape index (κ3) is 4.83. The summed E-state index contributed by atoms with van der Waals surface area (Å²) in [5, 5.41) is 3.11. The van der Waals surface area contributed by atoms with Crippen molar-refractivity contribution in [2.75, 3.05) is 18.5 Å². The molecule has 156 valence electrons. The van der Waals surface area contributed by atoms with Crippen LogP contribution in [-0.2, 0) is 23.9 Å². The van der Waals surface area contributed by atoms with Gasteiger partial charge in [-0.3, -0.25) is 24.1 Å². The minimum atomic E-state index is -0.811. The Morgan fingerprint density at radius 1 is 1.17 bits per heavy atom. The predicted octanol–water partition coefficient (Wildman–Crippen LogP) is 3.05. The molecule has 2 aliphatic rings. The van der Waals surface area contributed by atoms with E-state index in [4.69, 9.17) is 16.3 Å². The maximum Gasteiger partial charge on any atom is 0.326 e. The number of hydrogen-bond donors (Lipinski definition) is 1. The van der Waals surface area contributed by atoms with E-state index < -0.39 is 36.9 Å². The van der Waals surface area contributed by atoms with E-state index in [0.717, 1.165) is 4.90 Å². The molecular weight excluding hydrogens is 531 g/mol. The van der Waals surface area contributed by atoms with Gasteiger partial charge in [-0.2, -0.15) is 0 Å². The Morgan fingerprint density at radius 2 is 1.76 bits per heavy atom. The molecule has 1 N–H and O–H groups in total. The number of fused-ring (bicyclic) bond motifs is 1. The van der Waals surface area contributed by atoms with E-state index in [2.05, 4.69) is 37.2 Å². The number of halogens is 3. The number of nitrogens with zero attached hydrogens (tertiary/aromatic N) is 1. The summed E-state index contributed by atoms with van der Waals surface area (Å²) in [5.41, 5.74) is 1.21. The van der Waals surface area contributed by atoms with E-state index in [-0.39, 0.29) is 21.5 Å². The molecule has 0 spiro atoms. The molecule has 0 unspecified atom stereocenters. The van der Waals surface area contributed by atoms with E-state index in [0.29, 0.717) is 29.1 Å². The van der Waals surface area contributed by atoms with Crippen LogP contribution in [0, 0.1) is 18.8 Å². The van der Waals surface area contributed by atoms with Gasteiger partial charge in [-0.05, 0) is 37.5 Å². The lowest BCUT2D eigenvalue weighted by Gasteiger charge is -2.29. The largest absolute Gasteiger partial charge is 0.454 e. The molecule has 0 radical (unpaired) electrons. The molecule has 2 fully saturated rings. The molecule has 7 nitrogen and oxygen atoms in total. The highest BCUT2D eigenvalue weighted by molar-refractivity contribution is 9.12. The standard InChI is InChI=1S/C19H19Br2ClN2O5/c1-9-14(22)3-2-4-15(9)23-16(25)8-29-17(26)7-24-18(27)10-5-12(20)13(21)6-11(10)19(24)28/h2-4,10-13H,5-8H2,1H3,(H,23,25)/t10-,11-,12+,13+/m1/s1. The van der Waals surface area contributed by atoms with Gasteiger partial charge in [0, 0.05) is 20.4 Å². The first-order valence-corrected chi connectivity index (χ1v) is 11.2. The van der Waals surface area contributed by atoms with Crippen molar-refractivity contribution in [3.05, 3.63) is 28.8 Å². The van der Waals surface area contributed by atoms with Crippen LogP contribution in [0.1, 0.15) is 18.4 Å². The van der Waals surface area contributed by atoms with Gasteiger partial charge in [0.05, 0.1) is 11.8 Å². The second-order valence-corrected chi connectivity index (χ2v) is 9.86. The molecule has 29 heavy (non-hydrogen) atoms. The van der Waals surface area contributed by atoms with Crippen LogP contribution in [-0.4, -0.2) is 51.4 Å². The van der Waals surface area contributed by atoms with Crippen LogP contribution in [0.3, 0.4) is 0 Å². The molecule has 1 heterocycles. The molecule has 3 rings (SSSR count). The van der Waals surface area contributed by atoms with Crippen LogP contribution in [0.5, 0.6) is 0 Å². The number of nitrogens with one attached hydrogen (secondary N) is 1. The van der Waals surface area contributed by atoms with E-state index in [1.807, 2.05) is 0 Å². The summed E-state index contributed by atoms with van der Waals surface area (Å²) in [4.78, 5) is 50.4. The highest BCUT2D eigenvalue weighted by Gasteiger charge is 2.52. The zero-order chi connectivity index (χ0) is 21.3. The van der Waals surface area contributed by atoms with Gasteiger partial charge in [-0.25, -0.2) is 0 Å². The molecule has 3 amide bonds. The number of imide groups is 1. The number of alkyl halides is 2. The Bertz CT molecular complexity index is 837. The number of ether oxygens (including phenoxy) is 1. The van der Waals surface area contributed by atoms with Crippen LogP contribution in [0.2, 0.25) is 5.02 Å². The summed E-state index contributed by atoms with van der Waals surface area (Å²) in [6.45, 7) is 0.734. The first-order valence-electron chi connectivity index (χ1n) is 9.03. The van der Waals surface area contributed by atoms with Gasteiger partial charge < -0.3 is 10.1 Å². The summed E-state index contributed by atoms with van der Waals surface area (Å²) < 4.78 is 4.95. The maximum atomic E-state index is 12.6. The summed E-state index contributed by atoms with van der Waals surface area (Å²) in [6.07, 6.45) is 1.05. The highest BCUT2D eigenvalue weighted by Crippen LogP contribution is 2.43. The maximum absolute atomic E-state index is 12.6. The fraction of sp³-hybridized carbons (Fsp3) is 0.474. The van der Waals surface area contributed by atoms with Crippen LogP contribution in [0.15, 0.2) is 18.2 Å². The van der Waals surface area contributed by atoms with Crippen LogP contribution in [0.4, 0.5) is 5.69 Å². The molecule has 1 aliphatic heterocycles. The molecule has 1 aromatic carbocycles. The quantitative estimate of drug-likeness (QED) is 0.346. The Kier molecular flexibility index (Phi) is 7.01. The average Bonchev–Trinajstić information content (AvgIpc) is 2.89. The van der Waals surface area contributed by atoms with Gasteiger partial charge in [-0.15, -0.1) is 0 Å². The molecule has 1 saturated heterocycles. The molecule has 1 aromatic rings. The third-order valence-electron chi connectivity index (χ3n) is 5.20. The summed E-state index contributed by atoms with van der Waals surface area (Å²) in [5.74, 6) is -2.93. The van der Waals surface area contributed by atoms with Crippen molar-refractivity contribution < 1.29 is 23.9 Å². The summed E-state index contributed by atoms with van der Waals surface area (Å²) in [6, 6.07) is 5.07. The first-order chi connectivity index (χ1) is 13.7. The Balaban J connectivity index is 1.53.